The van der Waals surface area contributed by atoms with Crippen molar-refractivity contribution in [2.75, 3.05) is 31.0 Å². The van der Waals surface area contributed by atoms with Crippen LogP contribution in [0.2, 0.25) is 0 Å². The smallest absolute Gasteiger partial charge is 0.0445 e. The third-order valence-corrected chi connectivity index (χ3v) is 3.73. The van der Waals surface area contributed by atoms with Crippen molar-refractivity contribution >= 4 is 17.4 Å². The zero-order valence-electron chi connectivity index (χ0n) is 11.4. The minimum Gasteiger partial charge on any atom is -0.371 e. The highest BCUT2D eigenvalue weighted by Crippen LogP contribution is 2.22. The largest absolute Gasteiger partial charge is 0.371 e. The van der Waals surface area contributed by atoms with Gasteiger partial charge in [0.25, 0.3) is 0 Å². The second-order valence-corrected chi connectivity index (χ2v) is 5.31. The van der Waals surface area contributed by atoms with E-state index in [9.17, 15) is 0 Å². The van der Waals surface area contributed by atoms with Crippen molar-refractivity contribution in [1.29, 1.82) is 0 Å². The molecular weight excluding hydrogens is 230 g/mol. The molecule has 0 bridgehead atoms. The van der Waals surface area contributed by atoms with Crippen molar-refractivity contribution in [1.82, 2.24) is 10.3 Å². The van der Waals surface area contributed by atoms with Crippen molar-refractivity contribution in [3.8, 4) is 0 Å². The molecule has 0 amide bonds. The molecule has 0 aliphatic rings. The van der Waals surface area contributed by atoms with Gasteiger partial charge >= 0.3 is 0 Å². The van der Waals surface area contributed by atoms with Crippen molar-refractivity contribution in [3.05, 3.63) is 23.5 Å². The molecular formula is C13H23N3S. The van der Waals surface area contributed by atoms with Crippen LogP contribution in [-0.2, 0) is 6.54 Å². The molecule has 3 nitrogen and oxygen atoms in total. The predicted octanol–water partition coefficient (Wildman–Crippen LogP) is 2.30. The topological polar surface area (TPSA) is 28.2 Å². The zero-order valence-corrected chi connectivity index (χ0v) is 12.3. The number of hydrogen-bond donors (Lipinski definition) is 1. The van der Waals surface area contributed by atoms with Gasteiger partial charge in [-0.3, -0.25) is 4.98 Å². The summed E-state index contributed by atoms with van der Waals surface area (Å²) < 4.78 is 0. The molecule has 0 radical (unpaired) electrons. The van der Waals surface area contributed by atoms with E-state index >= 15 is 0 Å². The fourth-order valence-electron chi connectivity index (χ4n) is 1.82. The number of nitrogens with zero attached hydrogens (tertiary/aromatic N) is 2. The highest BCUT2D eigenvalue weighted by molar-refractivity contribution is 7.98. The van der Waals surface area contributed by atoms with Crippen LogP contribution in [0.5, 0.6) is 0 Å². The molecule has 0 spiro atoms. The first kappa shape index (κ1) is 14.3. The summed E-state index contributed by atoms with van der Waals surface area (Å²) in [5.74, 6) is 1.14. The molecule has 0 aliphatic heterocycles. The Morgan fingerprint density at radius 2 is 2.24 bits per heavy atom. The Morgan fingerprint density at radius 1 is 1.53 bits per heavy atom. The molecule has 4 heteroatoms. The lowest BCUT2D eigenvalue weighted by Crippen LogP contribution is -2.32. The fraction of sp³-hybridized carbons (Fsp3) is 0.615. The van der Waals surface area contributed by atoms with Crippen molar-refractivity contribution in [2.45, 2.75) is 26.4 Å². The van der Waals surface area contributed by atoms with E-state index in [4.69, 9.17) is 0 Å². The van der Waals surface area contributed by atoms with Gasteiger partial charge in [-0.25, -0.2) is 0 Å². The molecule has 17 heavy (non-hydrogen) atoms. The van der Waals surface area contributed by atoms with Crippen molar-refractivity contribution < 1.29 is 0 Å². The predicted molar refractivity (Wildman–Crippen MR) is 78.0 cm³/mol. The summed E-state index contributed by atoms with van der Waals surface area (Å²) in [5.41, 5.74) is 3.62. The van der Waals surface area contributed by atoms with Crippen LogP contribution in [0.3, 0.4) is 0 Å². The van der Waals surface area contributed by atoms with Crippen LogP contribution < -0.4 is 10.2 Å². The van der Waals surface area contributed by atoms with E-state index in [2.05, 4.69) is 41.5 Å². The van der Waals surface area contributed by atoms with Gasteiger partial charge in [0.2, 0.25) is 0 Å². The van der Waals surface area contributed by atoms with E-state index in [-0.39, 0.29) is 0 Å². The number of pyridine rings is 1. The maximum atomic E-state index is 4.37. The molecule has 96 valence electrons. The number of rotatable bonds is 6. The monoisotopic (exact) mass is 253 g/mol. The maximum absolute atomic E-state index is 4.37. The number of aromatic nitrogens is 1. The summed E-state index contributed by atoms with van der Waals surface area (Å²) in [6, 6.07) is 2.70. The van der Waals surface area contributed by atoms with Gasteiger partial charge < -0.3 is 10.2 Å². The number of nitrogens with one attached hydrogen (secondary N) is 1. The molecule has 1 unspecified atom stereocenters. The number of anilines is 1. The van der Waals surface area contributed by atoms with Crippen molar-refractivity contribution in [3.63, 3.8) is 0 Å². The number of hydrogen-bond acceptors (Lipinski definition) is 4. The second-order valence-electron chi connectivity index (χ2n) is 4.40. The van der Waals surface area contributed by atoms with Gasteiger partial charge in [-0.15, -0.1) is 0 Å². The maximum Gasteiger partial charge on any atom is 0.0445 e. The Kier molecular flexibility index (Phi) is 5.78. The lowest BCUT2D eigenvalue weighted by molar-refractivity contribution is 0.744. The lowest BCUT2D eigenvalue weighted by Gasteiger charge is -2.28. The van der Waals surface area contributed by atoms with Crippen LogP contribution in [0.15, 0.2) is 12.3 Å². The summed E-state index contributed by atoms with van der Waals surface area (Å²) >= 11 is 1.88. The zero-order chi connectivity index (χ0) is 12.8. The van der Waals surface area contributed by atoms with Crippen molar-refractivity contribution in [2.24, 2.45) is 0 Å². The Balaban J connectivity index is 2.96. The number of aryl methyl sites for hydroxylation is 1. The van der Waals surface area contributed by atoms with E-state index in [0.29, 0.717) is 6.04 Å². The average molecular weight is 253 g/mol. The van der Waals surface area contributed by atoms with Crippen LogP contribution in [0, 0.1) is 6.92 Å². The summed E-state index contributed by atoms with van der Waals surface area (Å²) in [6.07, 6.45) is 4.13. The lowest BCUT2D eigenvalue weighted by atomic mass is 10.1. The second kappa shape index (κ2) is 6.87. The van der Waals surface area contributed by atoms with E-state index in [0.717, 1.165) is 18.0 Å². The molecule has 0 aliphatic carbocycles. The van der Waals surface area contributed by atoms with Gasteiger partial charge in [0, 0.05) is 48.5 Å². The van der Waals surface area contributed by atoms with Gasteiger partial charge in [-0.1, -0.05) is 0 Å². The van der Waals surface area contributed by atoms with Crippen LogP contribution in [0.4, 0.5) is 5.69 Å². The molecule has 1 heterocycles. The molecule has 1 aromatic heterocycles. The van der Waals surface area contributed by atoms with Crippen LogP contribution in [0.1, 0.15) is 18.2 Å². The minimum atomic E-state index is 0.530. The average Bonchev–Trinajstić information content (AvgIpc) is 2.31. The Morgan fingerprint density at radius 3 is 2.82 bits per heavy atom. The highest BCUT2D eigenvalue weighted by Gasteiger charge is 2.13. The van der Waals surface area contributed by atoms with Gasteiger partial charge in [-0.2, -0.15) is 11.8 Å². The third-order valence-electron chi connectivity index (χ3n) is 2.91. The highest BCUT2D eigenvalue weighted by atomic mass is 32.2. The molecule has 0 aromatic carbocycles. The molecule has 0 saturated heterocycles. The Labute approximate surface area is 109 Å². The quantitative estimate of drug-likeness (QED) is 0.842. The van der Waals surface area contributed by atoms with Gasteiger partial charge in [0.1, 0.15) is 0 Å². The molecule has 1 atom stereocenters. The normalized spacial score (nSPS) is 12.5. The summed E-state index contributed by atoms with van der Waals surface area (Å²) in [4.78, 5) is 6.72. The first-order valence-electron chi connectivity index (χ1n) is 5.92. The van der Waals surface area contributed by atoms with E-state index in [1.807, 2.05) is 31.9 Å². The standard InChI is InChI=1S/C13H23N3S/c1-10-6-13(12(7-14-3)8-15-10)16(4)11(2)9-17-5/h6,8,11,14H,7,9H2,1-5H3. The SMILES string of the molecule is CNCc1cnc(C)cc1N(C)C(C)CSC. The minimum absolute atomic E-state index is 0.530. The number of thioether (sulfide) groups is 1. The Hall–Kier alpha value is -0.740. The summed E-state index contributed by atoms with van der Waals surface area (Å²) in [5, 5.41) is 3.20. The van der Waals surface area contributed by atoms with Gasteiger partial charge in [0.15, 0.2) is 0 Å². The molecule has 0 fully saturated rings. The summed E-state index contributed by atoms with van der Waals surface area (Å²) in [7, 11) is 4.13. The van der Waals surface area contributed by atoms with E-state index in [1.54, 1.807) is 0 Å². The third kappa shape index (κ3) is 3.89. The first-order valence-corrected chi connectivity index (χ1v) is 7.31. The van der Waals surface area contributed by atoms with Crippen LogP contribution >= 0.6 is 11.8 Å². The van der Waals surface area contributed by atoms with E-state index < -0.39 is 0 Å². The van der Waals surface area contributed by atoms with E-state index in [1.165, 1.54) is 11.3 Å². The molecule has 1 aromatic rings. The van der Waals surface area contributed by atoms with Gasteiger partial charge in [-0.05, 0) is 33.2 Å². The van der Waals surface area contributed by atoms with Crippen LogP contribution in [-0.4, -0.2) is 37.1 Å². The summed E-state index contributed by atoms with van der Waals surface area (Å²) in [6.45, 7) is 5.16. The van der Waals surface area contributed by atoms with Gasteiger partial charge in [0.05, 0.1) is 0 Å². The molecule has 1 rings (SSSR count). The Bertz CT molecular complexity index is 355. The fourth-order valence-corrected chi connectivity index (χ4v) is 2.53. The van der Waals surface area contributed by atoms with Crippen LogP contribution in [0.25, 0.3) is 0 Å². The molecule has 0 saturated carbocycles. The first-order chi connectivity index (χ1) is 8.10. The molecule has 1 N–H and O–H groups in total.